The van der Waals surface area contributed by atoms with E-state index < -0.39 is 6.04 Å². The van der Waals surface area contributed by atoms with Crippen molar-refractivity contribution in [3.63, 3.8) is 0 Å². The highest BCUT2D eigenvalue weighted by Gasteiger charge is 2.36. The minimum atomic E-state index is -0.465. The molecule has 1 aliphatic rings. The van der Waals surface area contributed by atoms with E-state index >= 15 is 0 Å². The van der Waals surface area contributed by atoms with E-state index in [1.807, 2.05) is 13.8 Å². The van der Waals surface area contributed by atoms with E-state index in [1.54, 1.807) is 0 Å². The van der Waals surface area contributed by atoms with Crippen LogP contribution in [0.4, 0.5) is 4.79 Å². The lowest BCUT2D eigenvalue weighted by Crippen LogP contribution is -2.42. The second kappa shape index (κ2) is 15.6. The average molecular weight is 398 g/mol. The van der Waals surface area contributed by atoms with Crippen LogP contribution in [0.2, 0.25) is 0 Å². The number of ether oxygens (including phenoxy) is 2. The molecule has 1 fully saturated rings. The summed E-state index contributed by atoms with van der Waals surface area (Å²) < 4.78 is 10.7. The molecule has 5 heteroatoms. The zero-order valence-electron chi connectivity index (χ0n) is 18.5. The van der Waals surface area contributed by atoms with Crippen LogP contribution in [0.15, 0.2) is 0 Å². The topological polar surface area (TPSA) is 55.8 Å². The smallest absolute Gasteiger partial charge is 0.410 e. The molecular formula is C23H43NO4. The molecule has 0 N–H and O–H groups in total. The molecule has 1 rings (SSSR count). The third-order valence-corrected chi connectivity index (χ3v) is 5.29. The van der Waals surface area contributed by atoms with Crippen molar-refractivity contribution in [2.45, 2.75) is 110 Å². The molecule has 1 unspecified atom stereocenters. The summed E-state index contributed by atoms with van der Waals surface area (Å²) in [5.41, 5.74) is 0. The zero-order chi connectivity index (χ0) is 20.6. The Morgan fingerprint density at radius 2 is 1.46 bits per heavy atom. The summed E-state index contributed by atoms with van der Waals surface area (Å²) in [6.07, 6.45) is 15.1. The molecule has 0 bridgehead atoms. The lowest BCUT2D eigenvalue weighted by Gasteiger charge is -2.23. The van der Waals surface area contributed by atoms with Crippen LogP contribution >= 0.6 is 0 Å². The van der Waals surface area contributed by atoms with Crippen LogP contribution in [0.1, 0.15) is 104 Å². The third kappa shape index (κ3) is 10.9. The van der Waals surface area contributed by atoms with E-state index in [-0.39, 0.29) is 18.0 Å². The molecule has 0 aromatic carbocycles. The van der Waals surface area contributed by atoms with Crippen molar-refractivity contribution < 1.29 is 19.1 Å². The Labute approximate surface area is 172 Å². The molecule has 1 aliphatic heterocycles. The van der Waals surface area contributed by atoms with E-state index in [1.165, 1.54) is 62.7 Å². The molecule has 0 aromatic rings. The summed E-state index contributed by atoms with van der Waals surface area (Å²) in [6, 6.07) is -0.465. The lowest BCUT2D eigenvalue weighted by atomic mass is 10.1. The number of nitrogens with zero attached hydrogens (tertiary/aromatic N) is 1. The van der Waals surface area contributed by atoms with Crippen molar-refractivity contribution in [1.82, 2.24) is 4.90 Å². The lowest BCUT2D eigenvalue weighted by molar-refractivity contribution is -0.148. The van der Waals surface area contributed by atoms with Gasteiger partial charge in [-0.3, -0.25) is 4.90 Å². The molecule has 1 heterocycles. The molecular weight excluding hydrogens is 354 g/mol. The van der Waals surface area contributed by atoms with Crippen molar-refractivity contribution in [3.05, 3.63) is 0 Å². The van der Waals surface area contributed by atoms with Crippen LogP contribution in [-0.2, 0) is 14.3 Å². The number of carbonyl (C=O) groups is 2. The van der Waals surface area contributed by atoms with Crippen LogP contribution < -0.4 is 0 Å². The minimum Gasteiger partial charge on any atom is -0.464 e. The first-order valence-corrected chi connectivity index (χ1v) is 11.7. The largest absolute Gasteiger partial charge is 0.464 e. The van der Waals surface area contributed by atoms with Gasteiger partial charge in [-0.15, -0.1) is 0 Å². The van der Waals surface area contributed by atoms with E-state index in [4.69, 9.17) is 9.47 Å². The summed E-state index contributed by atoms with van der Waals surface area (Å²) in [5, 5.41) is 0. The molecule has 0 aromatic heterocycles. The number of likely N-dealkylation sites (tertiary alicyclic amines) is 1. The molecule has 5 nitrogen and oxygen atoms in total. The Bertz CT molecular complexity index is 425. The van der Waals surface area contributed by atoms with Gasteiger partial charge in [-0.2, -0.15) is 0 Å². The van der Waals surface area contributed by atoms with Gasteiger partial charge in [0.25, 0.3) is 0 Å². The fourth-order valence-corrected chi connectivity index (χ4v) is 3.59. The van der Waals surface area contributed by atoms with Gasteiger partial charge in [0.2, 0.25) is 0 Å². The zero-order valence-corrected chi connectivity index (χ0v) is 18.5. The van der Waals surface area contributed by atoms with Crippen LogP contribution in [-0.4, -0.2) is 42.8 Å². The predicted molar refractivity (Wildman–Crippen MR) is 113 cm³/mol. The van der Waals surface area contributed by atoms with Gasteiger partial charge in [0.1, 0.15) is 6.04 Å². The summed E-state index contributed by atoms with van der Waals surface area (Å²) >= 11 is 0. The first-order chi connectivity index (χ1) is 13.6. The van der Waals surface area contributed by atoms with Gasteiger partial charge < -0.3 is 9.47 Å². The highest BCUT2D eigenvalue weighted by molar-refractivity contribution is 5.82. The van der Waals surface area contributed by atoms with Crippen LogP contribution in [0, 0.1) is 5.92 Å². The van der Waals surface area contributed by atoms with E-state index in [0.29, 0.717) is 26.2 Å². The SMILES string of the molecule is CCCCCCCCCCCCCOC(=O)C1CCCN1C(=O)OCC(C)C. The second-order valence-corrected chi connectivity index (χ2v) is 8.53. The summed E-state index contributed by atoms with van der Waals surface area (Å²) in [5.74, 6) is 0.0177. The maximum Gasteiger partial charge on any atom is 0.410 e. The fourth-order valence-electron chi connectivity index (χ4n) is 3.59. The normalized spacial score (nSPS) is 16.6. The predicted octanol–water partition coefficient (Wildman–Crippen LogP) is 6.10. The summed E-state index contributed by atoms with van der Waals surface area (Å²) in [7, 11) is 0. The number of amides is 1. The molecule has 164 valence electrons. The Morgan fingerprint density at radius 1 is 0.893 bits per heavy atom. The molecule has 1 atom stereocenters. The number of esters is 1. The van der Waals surface area contributed by atoms with Crippen LogP contribution in [0.25, 0.3) is 0 Å². The van der Waals surface area contributed by atoms with Crippen molar-refractivity contribution in [2.75, 3.05) is 19.8 Å². The molecule has 1 saturated heterocycles. The van der Waals surface area contributed by atoms with Crippen molar-refractivity contribution >= 4 is 12.1 Å². The van der Waals surface area contributed by atoms with Gasteiger partial charge in [0, 0.05) is 6.54 Å². The van der Waals surface area contributed by atoms with Crippen molar-refractivity contribution in [3.8, 4) is 0 Å². The minimum absolute atomic E-state index is 0.272. The average Bonchev–Trinajstić information content (AvgIpc) is 3.16. The molecule has 0 spiro atoms. The van der Waals surface area contributed by atoms with Gasteiger partial charge in [-0.1, -0.05) is 85.0 Å². The Morgan fingerprint density at radius 3 is 2.04 bits per heavy atom. The number of hydrogen-bond acceptors (Lipinski definition) is 4. The van der Waals surface area contributed by atoms with Crippen molar-refractivity contribution in [2.24, 2.45) is 5.92 Å². The van der Waals surface area contributed by atoms with E-state index in [2.05, 4.69) is 6.92 Å². The maximum absolute atomic E-state index is 12.3. The number of rotatable bonds is 15. The second-order valence-electron chi connectivity index (χ2n) is 8.53. The van der Waals surface area contributed by atoms with Gasteiger partial charge in [-0.25, -0.2) is 9.59 Å². The van der Waals surface area contributed by atoms with Gasteiger partial charge in [-0.05, 0) is 25.2 Å². The molecule has 0 aliphatic carbocycles. The van der Waals surface area contributed by atoms with Crippen LogP contribution in [0.5, 0.6) is 0 Å². The van der Waals surface area contributed by atoms with Crippen molar-refractivity contribution in [1.29, 1.82) is 0 Å². The number of carbonyl (C=O) groups excluding carboxylic acids is 2. The molecule has 28 heavy (non-hydrogen) atoms. The first kappa shape index (κ1) is 24.8. The fraction of sp³-hybridized carbons (Fsp3) is 0.913. The first-order valence-electron chi connectivity index (χ1n) is 11.7. The van der Waals surface area contributed by atoms with Gasteiger partial charge >= 0.3 is 12.1 Å². The highest BCUT2D eigenvalue weighted by atomic mass is 16.6. The van der Waals surface area contributed by atoms with E-state index in [0.717, 1.165) is 19.3 Å². The summed E-state index contributed by atoms with van der Waals surface area (Å²) in [6.45, 7) is 7.67. The molecule has 0 radical (unpaired) electrons. The summed E-state index contributed by atoms with van der Waals surface area (Å²) in [4.78, 5) is 26.0. The number of unbranched alkanes of at least 4 members (excludes halogenated alkanes) is 10. The van der Waals surface area contributed by atoms with Crippen LogP contribution in [0.3, 0.4) is 0 Å². The third-order valence-electron chi connectivity index (χ3n) is 5.29. The highest BCUT2D eigenvalue weighted by Crippen LogP contribution is 2.20. The van der Waals surface area contributed by atoms with Gasteiger partial charge in [0.05, 0.1) is 13.2 Å². The Hall–Kier alpha value is -1.26. The standard InChI is InChI=1S/C23H43NO4/c1-4-5-6-7-8-9-10-11-12-13-14-18-27-22(25)21-16-15-17-24(21)23(26)28-19-20(2)3/h20-21H,4-19H2,1-3H3. The monoisotopic (exact) mass is 397 g/mol. The molecule has 1 amide bonds. The van der Waals surface area contributed by atoms with E-state index in [9.17, 15) is 9.59 Å². The van der Waals surface area contributed by atoms with Gasteiger partial charge in [0.15, 0.2) is 0 Å². The maximum atomic E-state index is 12.3. The number of hydrogen-bond donors (Lipinski definition) is 0. The Balaban J connectivity index is 2.04. The quantitative estimate of drug-likeness (QED) is 0.247. The molecule has 0 saturated carbocycles. The Kier molecular flexibility index (Phi) is 13.8.